The van der Waals surface area contributed by atoms with Crippen molar-refractivity contribution in [1.29, 1.82) is 0 Å². The standard InChI is InChI=1S/C16H25N3O2/c20-15(21)10-6-1-2-7-11-17-16-13-8-4-3-5-9-14(13)18-12-19-16/h12H,1-11H2,(H,20,21)(H,17,18,19). The van der Waals surface area contributed by atoms with Crippen LogP contribution in [0.1, 0.15) is 62.6 Å². The van der Waals surface area contributed by atoms with E-state index >= 15 is 0 Å². The zero-order valence-corrected chi connectivity index (χ0v) is 12.6. The van der Waals surface area contributed by atoms with Crippen LogP contribution >= 0.6 is 0 Å². The predicted octanol–water partition coefficient (Wildman–Crippen LogP) is 3.19. The molecule has 0 spiro atoms. The van der Waals surface area contributed by atoms with Gasteiger partial charge in [0.2, 0.25) is 0 Å². The largest absolute Gasteiger partial charge is 0.481 e. The van der Waals surface area contributed by atoms with Crippen LogP contribution in [-0.2, 0) is 17.6 Å². The van der Waals surface area contributed by atoms with E-state index in [4.69, 9.17) is 5.11 Å². The molecule has 1 heterocycles. The molecule has 1 aliphatic carbocycles. The molecule has 1 aliphatic rings. The molecule has 5 heteroatoms. The van der Waals surface area contributed by atoms with Crippen molar-refractivity contribution in [3.05, 3.63) is 17.6 Å². The van der Waals surface area contributed by atoms with Crippen molar-refractivity contribution in [2.45, 2.75) is 64.2 Å². The minimum Gasteiger partial charge on any atom is -0.481 e. The number of rotatable bonds is 8. The molecule has 1 aromatic heterocycles. The third-order valence-corrected chi connectivity index (χ3v) is 3.98. The van der Waals surface area contributed by atoms with Crippen molar-refractivity contribution in [2.75, 3.05) is 11.9 Å². The Labute approximate surface area is 126 Å². The van der Waals surface area contributed by atoms with E-state index in [1.54, 1.807) is 6.33 Å². The van der Waals surface area contributed by atoms with Gasteiger partial charge in [0.25, 0.3) is 0 Å². The van der Waals surface area contributed by atoms with Gasteiger partial charge >= 0.3 is 5.97 Å². The second kappa shape index (κ2) is 8.60. The first-order valence-corrected chi connectivity index (χ1v) is 8.06. The Bertz CT molecular complexity index is 463. The van der Waals surface area contributed by atoms with Crippen LogP contribution < -0.4 is 5.32 Å². The van der Waals surface area contributed by atoms with Crippen molar-refractivity contribution in [3.63, 3.8) is 0 Å². The summed E-state index contributed by atoms with van der Waals surface area (Å²) < 4.78 is 0. The second-order valence-electron chi connectivity index (χ2n) is 5.69. The Morgan fingerprint density at radius 1 is 1.10 bits per heavy atom. The van der Waals surface area contributed by atoms with Crippen molar-refractivity contribution >= 4 is 11.8 Å². The number of unbranched alkanes of at least 4 members (excludes halogenated alkanes) is 3. The monoisotopic (exact) mass is 291 g/mol. The van der Waals surface area contributed by atoms with E-state index in [1.165, 1.54) is 30.5 Å². The number of nitrogens with one attached hydrogen (secondary N) is 1. The van der Waals surface area contributed by atoms with Crippen molar-refractivity contribution in [1.82, 2.24) is 9.97 Å². The van der Waals surface area contributed by atoms with E-state index < -0.39 is 5.97 Å². The fourth-order valence-corrected chi connectivity index (χ4v) is 2.81. The first-order valence-electron chi connectivity index (χ1n) is 8.06. The molecule has 0 bridgehead atoms. The van der Waals surface area contributed by atoms with E-state index in [-0.39, 0.29) is 6.42 Å². The number of hydrogen-bond donors (Lipinski definition) is 2. The summed E-state index contributed by atoms with van der Waals surface area (Å²) in [4.78, 5) is 19.2. The van der Waals surface area contributed by atoms with Crippen molar-refractivity contribution in [2.24, 2.45) is 0 Å². The number of fused-ring (bicyclic) bond motifs is 1. The zero-order valence-electron chi connectivity index (χ0n) is 12.6. The highest BCUT2D eigenvalue weighted by Gasteiger charge is 2.13. The average molecular weight is 291 g/mol. The second-order valence-corrected chi connectivity index (χ2v) is 5.69. The minimum absolute atomic E-state index is 0.285. The van der Waals surface area contributed by atoms with E-state index in [0.717, 1.165) is 50.9 Å². The number of carbonyl (C=O) groups is 1. The van der Waals surface area contributed by atoms with Crippen LogP contribution in [0.4, 0.5) is 5.82 Å². The lowest BCUT2D eigenvalue weighted by Crippen LogP contribution is -2.09. The van der Waals surface area contributed by atoms with Gasteiger partial charge in [-0.25, -0.2) is 9.97 Å². The van der Waals surface area contributed by atoms with Crippen LogP contribution in [0.2, 0.25) is 0 Å². The SMILES string of the molecule is O=C(O)CCCCCCNc1ncnc2c1CCCCC2. The van der Waals surface area contributed by atoms with Gasteiger partial charge in [0.15, 0.2) is 0 Å². The summed E-state index contributed by atoms with van der Waals surface area (Å²) in [6.07, 6.45) is 11.7. The molecule has 0 saturated carbocycles. The maximum Gasteiger partial charge on any atom is 0.303 e. The van der Waals surface area contributed by atoms with Crippen LogP contribution in [0.3, 0.4) is 0 Å². The van der Waals surface area contributed by atoms with Crippen LogP contribution in [0.15, 0.2) is 6.33 Å². The molecule has 0 atom stereocenters. The average Bonchev–Trinajstić information content (AvgIpc) is 2.71. The van der Waals surface area contributed by atoms with Crippen LogP contribution in [-0.4, -0.2) is 27.6 Å². The third-order valence-electron chi connectivity index (χ3n) is 3.98. The lowest BCUT2D eigenvalue weighted by atomic mass is 10.1. The third kappa shape index (κ3) is 5.33. The number of aliphatic carboxylic acids is 1. The Kier molecular flexibility index (Phi) is 6.44. The topological polar surface area (TPSA) is 75.1 Å². The summed E-state index contributed by atoms with van der Waals surface area (Å²) >= 11 is 0. The van der Waals surface area contributed by atoms with Gasteiger partial charge in [-0.05, 0) is 38.5 Å². The molecule has 0 amide bonds. The summed E-state index contributed by atoms with van der Waals surface area (Å²) in [5.41, 5.74) is 2.52. The number of aromatic nitrogens is 2. The predicted molar refractivity (Wildman–Crippen MR) is 82.5 cm³/mol. The molecule has 0 saturated heterocycles. The number of anilines is 1. The van der Waals surface area contributed by atoms with Gasteiger partial charge in [-0.1, -0.05) is 19.3 Å². The Morgan fingerprint density at radius 2 is 1.90 bits per heavy atom. The van der Waals surface area contributed by atoms with Crippen LogP contribution in [0.5, 0.6) is 0 Å². The lowest BCUT2D eigenvalue weighted by Gasteiger charge is -2.12. The van der Waals surface area contributed by atoms with Gasteiger partial charge in [0.05, 0.1) is 0 Å². The van der Waals surface area contributed by atoms with Crippen LogP contribution in [0, 0.1) is 0 Å². The van der Waals surface area contributed by atoms with E-state index in [2.05, 4.69) is 15.3 Å². The van der Waals surface area contributed by atoms with Gasteiger partial charge in [-0.15, -0.1) is 0 Å². The van der Waals surface area contributed by atoms with Crippen molar-refractivity contribution in [3.8, 4) is 0 Å². The number of carboxylic acid groups (broad SMARTS) is 1. The highest BCUT2D eigenvalue weighted by Crippen LogP contribution is 2.23. The summed E-state index contributed by atoms with van der Waals surface area (Å²) in [6.45, 7) is 0.899. The number of hydrogen-bond acceptors (Lipinski definition) is 4. The van der Waals surface area contributed by atoms with Crippen molar-refractivity contribution < 1.29 is 9.90 Å². The minimum atomic E-state index is -0.697. The first kappa shape index (κ1) is 15.7. The van der Waals surface area contributed by atoms with Gasteiger partial charge < -0.3 is 10.4 Å². The molecule has 21 heavy (non-hydrogen) atoms. The van der Waals surface area contributed by atoms with Crippen LogP contribution in [0.25, 0.3) is 0 Å². The maximum absolute atomic E-state index is 10.4. The molecule has 0 aromatic carbocycles. The lowest BCUT2D eigenvalue weighted by molar-refractivity contribution is -0.137. The molecule has 5 nitrogen and oxygen atoms in total. The van der Waals surface area contributed by atoms with E-state index in [0.29, 0.717) is 0 Å². The van der Waals surface area contributed by atoms with Gasteiger partial charge in [0, 0.05) is 24.2 Å². The number of nitrogens with zero attached hydrogens (tertiary/aromatic N) is 2. The molecular formula is C16H25N3O2. The molecule has 0 aliphatic heterocycles. The maximum atomic E-state index is 10.4. The normalized spacial score (nSPS) is 14.3. The molecule has 0 radical (unpaired) electrons. The van der Waals surface area contributed by atoms with E-state index in [1.807, 2.05) is 0 Å². The molecular weight excluding hydrogens is 266 g/mol. The number of aryl methyl sites for hydroxylation is 1. The fraction of sp³-hybridized carbons (Fsp3) is 0.688. The highest BCUT2D eigenvalue weighted by atomic mass is 16.4. The van der Waals surface area contributed by atoms with Gasteiger partial charge in [-0.2, -0.15) is 0 Å². The molecule has 0 unspecified atom stereocenters. The molecule has 2 rings (SSSR count). The zero-order chi connectivity index (χ0) is 14.9. The first-order chi connectivity index (χ1) is 10.3. The number of carboxylic acids is 1. The molecule has 2 N–H and O–H groups in total. The highest BCUT2D eigenvalue weighted by molar-refractivity contribution is 5.66. The molecule has 0 fully saturated rings. The summed E-state index contributed by atoms with van der Waals surface area (Å²) in [5, 5.41) is 12.0. The smallest absolute Gasteiger partial charge is 0.303 e. The van der Waals surface area contributed by atoms with E-state index in [9.17, 15) is 4.79 Å². The quantitative estimate of drug-likeness (QED) is 0.568. The summed E-state index contributed by atoms with van der Waals surface area (Å²) in [7, 11) is 0. The Balaban J connectivity index is 1.72. The summed E-state index contributed by atoms with van der Waals surface area (Å²) in [6, 6.07) is 0. The molecule has 1 aromatic rings. The fourth-order valence-electron chi connectivity index (χ4n) is 2.81. The summed E-state index contributed by atoms with van der Waals surface area (Å²) in [5.74, 6) is 0.309. The van der Waals surface area contributed by atoms with Gasteiger partial charge in [-0.3, -0.25) is 4.79 Å². The Hall–Kier alpha value is -1.65. The Morgan fingerprint density at radius 3 is 2.76 bits per heavy atom. The molecule has 116 valence electrons. The van der Waals surface area contributed by atoms with Gasteiger partial charge in [0.1, 0.15) is 12.1 Å².